The van der Waals surface area contributed by atoms with Gasteiger partial charge in [-0.05, 0) is 49.2 Å². The number of hydrogen-bond donors (Lipinski definition) is 1. The summed E-state index contributed by atoms with van der Waals surface area (Å²) in [5.41, 5.74) is 1.17. The molecule has 0 saturated heterocycles. The van der Waals surface area contributed by atoms with E-state index in [0.717, 1.165) is 3.97 Å². The van der Waals surface area contributed by atoms with E-state index in [-0.39, 0.29) is 34.3 Å². The zero-order valence-corrected chi connectivity index (χ0v) is 17.6. The van der Waals surface area contributed by atoms with E-state index < -0.39 is 16.0 Å². The first kappa shape index (κ1) is 20.1. The maximum absolute atomic E-state index is 13.3. The predicted molar refractivity (Wildman–Crippen MR) is 107 cm³/mol. The summed E-state index contributed by atoms with van der Waals surface area (Å²) in [5, 5.41) is 9.17. The van der Waals surface area contributed by atoms with Crippen molar-refractivity contribution in [2.75, 3.05) is 0 Å². The lowest BCUT2D eigenvalue weighted by molar-refractivity contribution is -0.137. The van der Waals surface area contributed by atoms with Crippen molar-refractivity contribution in [3.63, 3.8) is 0 Å². The Labute approximate surface area is 173 Å². The molecule has 0 aliphatic heterocycles. The Kier molecular flexibility index (Phi) is 5.81. The van der Waals surface area contributed by atoms with Gasteiger partial charge in [0.05, 0.1) is 16.1 Å². The second-order valence-corrected chi connectivity index (χ2v) is 9.23. The zero-order chi connectivity index (χ0) is 19.8. The summed E-state index contributed by atoms with van der Waals surface area (Å²) in [4.78, 5) is 14.9. The number of halogens is 3. The third-order valence-corrected chi connectivity index (χ3v) is 6.84. The lowest BCUT2D eigenvalue weighted by Gasteiger charge is -2.13. The number of carboxylic acids is 1. The molecule has 0 aliphatic rings. The van der Waals surface area contributed by atoms with E-state index in [4.69, 9.17) is 28.3 Å². The highest BCUT2D eigenvalue weighted by Gasteiger charge is 2.26. The summed E-state index contributed by atoms with van der Waals surface area (Å²) in [7, 11) is -4.03. The van der Waals surface area contributed by atoms with Crippen LogP contribution in [0.4, 0.5) is 0 Å². The Morgan fingerprint density at radius 1 is 1.19 bits per heavy atom. The third kappa shape index (κ3) is 4.13. The number of aliphatic carboxylic acids is 1. The van der Waals surface area contributed by atoms with E-state index in [1.54, 1.807) is 18.2 Å². The van der Waals surface area contributed by atoms with E-state index >= 15 is 0 Å². The van der Waals surface area contributed by atoms with E-state index in [9.17, 15) is 13.2 Å². The van der Waals surface area contributed by atoms with Crippen molar-refractivity contribution >= 4 is 66.2 Å². The lowest BCUT2D eigenvalue weighted by atomic mass is 10.2. The SMILES string of the molecule is O=C(O)CCCc1cc2nc(Cl)ccc2n1S(=O)(=O)c1ccc(Br)cc1Cl. The molecular weight excluding hydrogens is 479 g/mol. The number of rotatable bonds is 6. The van der Waals surface area contributed by atoms with E-state index in [0.29, 0.717) is 21.2 Å². The summed E-state index contributed by atoms with van der Waals surface area (Å²) in [6.07, 6.45) is 0.450. The zero-order valence-electron chi connectivity index (χ0n) is 13.7. The second kappa shape index (κ2) is 7.79. The molecule has 0 bridgehead atoms. The third-order valence-electron chi connectivity index (χ3n) is 3.89. The van der Waals surface area contributed by atoms with Crippen LogP contribution in [-0.2, 0) is 21.2 Å². The molecule has 3 rings (SSSR count). The number of nitrogens with zero attached hydrogens (tertiary/aromatic N) is 2. The molecule has 0 atom stereocenters. The predicted octanol–water partition coefficient (Wildman–Crippen LogP) is 4.75. The largest absolute Gasteiger partial charge is 0.481 e. The van der Waals surface area contributed by atoms with Crippen LogP contribution in [0.3, 0.4) is 0 Å². The van der Waals surface area contributed by atoms with Crippen LogP contribution in [0.15, 0.2) is 45.8 Å². The minimum Gasteiger partial charge on any atom is -0.481 e. The summed E-state index contributed by atoms with van der Waals surface area (Å²) >= 11 is 15.4. The summed E-state index contributed by atoms with van der Waals surface area (Å²) < 4.78 is 28.5. The Balaban J connectivity index is 2.19. The number of fused-ring (bicyclic) bond motifs is 1. The number of hydrogen-bond acceptors (Lipinski definition) is 4. The molecule has 10 heteroatoms. The number of carboxylic acid groups (broad SMARTS) is 1. The van der Waals surface area contributed by atoms with Gasteiger partial charge in [-0.2, -0.15) is 0 Å². The molecule has 0 amide bonds. The Morgan fingerprint density at radius 3 is 2.59 bits per heavy atom. The van der Waals surface area contributed by atoms with Gasteiger partial charge in [-0.3, -0.25) is 4.79 Å². The summed E-state index contributed by atoms with van der Waals surface area (Å²) in [5.74, 6) is -0.947. The van der Waals surface area contributed by atoms with Crippen LogP contribution in [0.2, 0.25) is 10.2 Å². The van der Waals surface area contributed by atoms with Crippen molar-refractivity contribution in [1.82, 2.24) is 8.96 Å². The average molecular weight is 492 g/mol. The first-order chi connectivity index (χ1) is 12.7. The molecule has 6 nitrogen and oxygen atoms in total. The number of aryl methyl sites for hydroxylation is 1. The molecule has 0 unspecified atom stereocenters. The molecule has 2 heterocycles. The van der Waals surface area contributed by atoms with Crippen LogP contribution >= 0.6 is 39.1 Å². The normalized spacial score (nSPS) is 11.8. The molecule has 0 saturated carbocycles. The van der Waals surface area contributed by atoms with Gasteiger partial charge in [0.25, 0.3) is 10.0 Å². The number of benzene rings is 1. The standard InChI is InChI=1S/C17H13BrCl2N2O4S/c18-10-4-6-15(12(19)8-10)27(25,26)22-11(2-1-3-17(23)24)9-13-14(22)5-7-16(20)21-13/h4-9H,1-3H2,(H,23,24). The van der Waals surface area contributed by atoms with Crippen LogP contribution in [0.25, 0.3) is 11.0 Å². The molecule has 1 N–H and O–H groups in total. The van der Waals surface area contributed by atoms with Crippen LogP contribution in [0, 0.1) is 0 Å². The number of aromatic nitrogens is 2. The minimum atomic E-state index is -4.03. The molecule has 142 valence electrons. The molecule has 0 fully saturated rings. The van der Waals surface area contributed by atoms with Gasteiger partial charge in [-0.1, -0.05) is 39.1 Å². The van der Waals surface area contributed by atoms with Crippen LogP contribution in [0.1, 0.15) is 18.5 Å². The van der Waals surface area contributed by atoms with E-state index in [1.807, 2.05) is 0 Å². The Morgan fingerprint density at radius 2 is 1.93 bits per heavy atom. The van der Waals surface area contributed by atoms with Crippen LogP contribution in [-0.4, -0.2) is 28.5 Å². The van der Waals surface area contributed by atoms with Gasteiger partial charge in [0, 0.05) is 16.6 Å². The van der Waals surface area contributed by atoms with Gasteiger partial charge in [-0.25, -0.2) is 17.4 Å². The van der Waals surface area contributed by atoms with Gasteiger partial charge < -0.3 is 5.11 Å². The molecule has 0 radical (unpaired) electrons. The fourth-order valence-electron chi connectivity index (χ4n) is 2.75. The average Bonchev–Trinajstić information content (AvgIpc) is 2.92. The van der Waals surface area contributed by atoms with Crippen molar-refractivity contribution in [1.29, 1.82) is 0 Å². The smallest absolute Gasteiger partial charge is 0.303 e. The molecule has 1 aromatic carbocycles. The van der Waals surface area contributed by atoms with Crippen molar-refractivity contribution in [3.8, 4) is 0 Å². The highest BCUT2D eigenvalue weighted by atomic mass is 79.9. The molecule has 2 aromatic heterocycles. The molecule has 27 heavy (non-hydrogen) atoms. The van der Waals surface area contributed by atoms with Crippen molar-refractivity contribution in [2.24, 2.45) is 0 Å². The van der Waals surface area contributed by atoms with Gasteiger partial charge >= 0.3 is 5.97 Å². The van der Waals surface area contributed by atoms with Crippen molar-refractivity contribution < 1.29 is 18.3 Å². The van der Waals surface area contributed by atoms with Crippen molar-refractivity contribution in [2.45, 2.75) is 24.2 Å². The van der Waals surface area contributed by atoms with E-state index in [1.165, 1.54) is 18.2 Å². The highest BCUT2D eigenvalue weighted by Crippen LogP contribution is 2.31. The number of carbonyl (C=O) groups is 1. The topological polar surface area (TPSA) is 89.3 Å². The second-order valence-electron chi connectivity index (χ2n) is 5.77. The van der Waals surface area contributed by atoms with Crippen LogP contribution in [0.5, 0.6) is 0 Å². The van der Waals surface area contributed by atoms with E-state index in [2.05, 4.69) is 20.9 Å². The number of pyridine rings is 1. The molecule has 0 aliphatic carbocycles. The van der Waals surface area contributed by atoms with Gasteiger partial charge in [-0.15, -0.1) is 0 Å². The van der Waals surface area contributed by atoms with Crippen molar-refractivity contribution in [3.05, 3.63) is 56.7 Å². The molecule has 0 spiro atoms. The van der Waals surface area contributed by atoms with Gasteiger partial charge in [0.2, 0.25) is 0 Å². The fourth-order valence-corrected chi connectivity index (χ4v) is 5.48. The van der Waals surface area contributed by atoms with Gasteiger partial charge in [0.15, 0.2) is 0 Å². The Bertz CT molecular complexity index is 1150. The summed E-state index contributed by atoms with van der Waals surface area (Å²) in [6, 6.07) is 9.17. The first-order valence-corrected chi connectivity index (χ1v) is 10.8. The quantitative estimate of drug-likeness (QED) is 0.502. The maximum atomic E-state index is 13.3. The minimum absolute atomic E-state index is 0.0562. The van der Waals surface area contributed by atoms with Crippen LogP contribution < -0.4 is 0 Å². The lowest BCUT2D eigenvalue weighted by Crippen LogP contribution is -2.16. The molecular formula is C17H13BrCl2N2O4S. The highest BCUT2D eigenvalue weighted by molar-refractivity contribution is 9.10. The van der Waals surface area contributed by atoms with Gasteiger partial charge in [0.1, 0.15) is 10.0 Å². The first-order valence-electron chi connectivity index (χ1n) is 7.79. The Hall–Kier alpha value is -1.61. The summed E-state index contributed by atoms with van der Waals surface area (Å²) in [6.45, 7) is 0. The molecule has 3 aromatic rings. The fraction of sp³-hybridized carbons (Fsp3) is 0.176. The maximum Gasteiger partial charge on any atom is 0.303 e. The monoisotopic (exact) mass is 490 g/mol.